The van der Waals surface area contributed by atoms with Crippen molar-refractivity contribution in [3.8, 4) is 0 Å². The Morgan fingerprint density at radius 2 is 1.30 bits per heavy atom. The van der Waals surface area contributed by atoms with Gasteiger partial charge in [0.1, 0.15) is 0 Å². The highest BCUT2D eigenvalue weighted by molar-refractivity contribution is 7.85. The molecule has 0 aliphatic heterocycles. The molecule has 0 heterocycles. The van der Waals surface area contributed by atoms with Gasteiger partial charge in [-0.3, -0.25) is 4.79 Å². The monoisotopic (exact) mass is 348 g/mol. The average molecular weight is 349 g/mol. The third kappa shape index (κ3) is 16.0. The molecule has 0 bridgehead atoms. The van der Waals surface area contributed by atoms with Crippen LogP contribution >= 0.6 is 0 Å². The zero-order valence-corrected chi connectivity index (χ0v) is 15.7. The molecule has 1 amide bonds. The van der Waals surface area contributed by atoms with Gasteiger partial charge in [0.25, 0.3) is 0 Å². The normalized spacial score (nSPS) is 11.6. The number of hydrogen-bond acceptors (Lipinski definition) is 4. The Morgan fingerprint density at radius 3 is 1.74 bits per heavy atom. The molecular weight excluding hydrogens is 314 g/mol. The second-order valence-corrected chi connectivity index (χ2v) is 7.89. The molecule has 0 spiro atoms. The highest BCUT2D eigenvalue weighted by Gasteiger charge is 2.09. The summed E-state index contributed by atoms with van der Waals surface area (Å²) in [5.41, 5.74) is 0. The predicted octanol–water partition coefficient (Wildman–Crippen LogP) is 3.69. The van der Waals surface area contributed by atoms with Crippen LogP contribution in [0.15, 0.2) is 0 Å². The van der Waals surface area contributed by atoms with Crippen molar-refractivity contribution in [2.75, 3.05) is 19.3 Å². The summed E-state index contributed by atoms with van der Waals surface area (Å²) in [6, 6.07) is 0. The van der Waals surface area contributed by atoms with Gasteiger partial charge in [-0.05, 0) is 6.42 Å². The van der Waals surface area contributed by atoms with Crippen LogP contribution in [0.25, 0.3) is 0 Å². The lowest BCUT2D eigenvalue weighted by Gasteiger charge is -2.18. The molecule has 0 aromatic rings. The van der Waals surface area contributed by atoms with Crippen molar-refractivity contribution in [1.82, 2.24) is 4.90 Å². The van der Waals surface area contributed by atoms with Gasteiger partial charge in [-0.25, -0.2) is 8.42 Å². The van der Waals surface area contributed by atoms with E-state index in [2.05, 4.69) is 6.92 Å². The number of hydrogen-bond donors (Lipinski definition) is 0. The van der Waals surface area contributed by atoms with E-state index >= 15 is 0 Å². The summed E-state index contributed by atoms with van der Waals surface area (Å²) in [7, 11) is -2.69. The lowest BCUT2D eigenvalue weighted by atomic mass is 10.1. The van der Waals surface area contributed by atoms with E-state index in [0.29, 0.717) is 6.42 Å². The molecule has 0 aliphatic rings. The van der Waals surface area contributed by atoms with Crippen LogP contribution in [0.3, 0.4) is 0 Å². The second-order valence-electron chi connectivity index (χ2n) is 6.36. The predicted molar refractivity (Wildman–Crippen MR) is 93.3 cm³/mol. The smallest absolute Gasteiger partial charge is 0.222 e. The summed E-state index contributed by atoms with van der Waals surface area (Å²) in [6.45, 7) is 2.22. The zero-order chi connectivity index (χ0) is 17.6. The topological polar surface area (TPSA) is 77.5 Å². The van der Waals surface area contributed by atoms with Gasteiger partial charge in [0.2, 0.25) is 5.91 Å². The first-order valence-electron chi connectivity index (χ1n) is 9.04. The standard InChI is InChI=1S/C17H35NO4S/c1-3-4-5-6-7-8-9-10-11-12-13-14-17(19)18(2)15-16-23(20,21)22/h3-16H2,1-2H3,(H,20,21,22)/p-1. The molecule has 0 unspecified atom stereocenters. The van der Waals surface area contributed by atoms with Gasteiger partial charge in [0.15, 0.2) is 0 Å². The maximum absolute atomic E-state index is 11.7. The van der Waals surface area contributed by atoms with Gasteiger partial charge in [0, 0.05) is 20.0 Å². The highest BCUT2D eigenvalue weighted by atomic mass is 32.2. The van der Waals surface area contributed by atoms with Crippen molar-refractivity contribution in [3.63, 3.8) is 0 Å². The fourth-order valence-electron chi connectivity index (χ4n) is 2.50. The van der Waals surface area contributed by atoms with Crippen molar-refractivity contribution in [3.05, 3.63) is 0 Å². The summed E-state index contributed by atoms with van der Waals surface area (Å²) in [4.78, 5) is 13.1. The second kappa shape index (κ2) is 13.8. The van der Waals surface area contributed by atoms with Gasteiger partial charge in [0.05, 0.1) is 15.9 Å². The summed E-state index contributed by atoms with van der Waals surface area (Å²) in [5, 5.41) is 0. The first-order chi connectivity index (χ1) is 10.9. The fourth-order valence-corrected chi connectivity index (χ4v) is 3.00. The molecule has 0 N–H and O–H groups in total. The number of rotatable bonds is 15. The van der Waals surface area contributed by atoms with Crippen molar-refractivity contribution in [2.45, 2.75) is 84.0 Å². The molecule has 5 nitrogen and oxygen atoms in total. The minimum absolute atomic E-state index is 0.0112. The quantitative estimate of drug-likeness (QED) is 0.334. The Balaban J connectivity index is 3.41. The third-order valence-corrected chi connectivity index (χ3v) is 4.78. The van der Waals surface area contributed by atoms with Crippen molar-refractivity contribution in [1.29, 1.82) is 0 Å². The summed E-state index contributed by atoms with van der Waals surface area (Å²) >= 11 is 0. The molecular formula is C17H34NO4S-. The Labute approximate surface area is 142 Å². The third-order valence-electron chi connectivity index (χ3n) is 4.10. The summed E-state index contributed by atoms with van der Waals surface area (Å²) in [6.07, 6.45) is 14.0. The Morgan fingerprint density at radius 1 is 0.870 bits per heavy atom. The largest absolute Gasteiger partial charge is 0.748 e. The first kappa shape index (κ1) is 22.4. The Hall–Kier alpha value is -0.620. The van der Waals surface area contributed by atoms with Gasteiger partial charge in [-0.2, -0.15) is 0 Å². The van der Waals surface area contributed by atoms with Crippen LogP contribution in [-0.4, -0.2) is 43.1 Å². The van der Waals surface area contributed by atoms with Crippen LogP contribution in [-0.2, 0) is 14.9 Å². The van der Waals surface area contributed by atoms with Crippen LogP contribution in [0.4, 0.5) is 0 Å². The van der Waals surface area contributed by atoms with Crippen molar-refractivity contribution >= 4 is 16.0 Å². The van der Waals surface area contributed by atoms with Gasteiger partial charge < -0.3 is 9.45 Å². The molecule has 0 rings (SSSR count). The summed E-state index contributed by atoms with van der Waals surface area (Å²) in [5.74, 6) is -0.586. The van der Waals surface area contributed by atoms with Crippen LogP contribution < -0.4 is 0 Å². The molecule has 6 heteroatoms. The highest BCUT2D eigenvalue weighted by Crippen LogP contribution is 2.12. The van der Waals surface area contributed by atoms with Crippen molar-refractivity contribution < 1.29 is 17.8 Å². The van der Waals surface area contributed by atoms with E-state index in [1.54, 1.807) is 7.05 Å². The van der Waals surface area contributed by atoms with Crippen LogP contribution in [0.5, 0.6) is 0 Å². The lowest BCUT2D eigenvalue weighted by molar-refractivity contribution is -0.129. The molecule has 138 valence electrons. The van der Waals surface area contributed by atoms with Gasteiger partial charge in [-0.15, -0.1) is 0 Å². The number of amides is 1. The Bertz CT molecular complexity index is 395. The molecule has 0 aromatic carbocycles. The molecule has 0 fully saturated rings. The minimum Gasteiger partial charge on any atom is -0.748 e. The molecule has 23 heavy (non-hydrogen) atoms. The maximum atomic E-state index is 11.7. The average Bonchev–Trinajstić information content (AvgIpc) is 2.49. The van der Waals surface area contributed by atoms with Crippen LogP contribution in [0.1, 0.15) is 84.0 Å². The molecule has 0 atom stereocenters. The van der Waals surface area contributed by atoms with E-state index < -0.39 is 15.9 Å². The number of unbranched alkanes of at least 4 members (excludes halogenated alkanes) is 10. The van der Waals surface area contributed by atoms with Crippen molar-refractivity contribution in [2.24, 2.45) is 0 Å². The first-order valence-corrected chi connectivity index (χ1v) is 10.6. The van der Waals surface area contributed by atoms with E-state index in [1.165, 1.54) is 56.3 Å². The van der Waals surface area contributed by atoms with Gasteiger partial charge >= 0.3 is 0 Å². The minimum atomic E-state index is -4.24. The SMILES string of the molecule is CCCCCCCCCCCCCC(=O)N(C)CCS(=O)(=O)[O-]. The number of nitrogens with zero attached hydrogens (tertiary/aromatic N) is 1. The number of carbonyl (C=O) groups excluding carboxylic acids is 1. The Kier molecular flexibility index (Phi) is 13.4. The van der Waals surface area contributed by atoms with Crippen LogP contribution in [0, 0.1) is 0 Å². The van der Waals surface area contributed by atoms with E-state index in [4.69, 9.17) is 0 Å². The molecule has 0 aliphatic carbocycles. The molecule has 0 aromatic heterocycles. The van der Waals surface area contributed by atoms with E-state index in [1.807, 2.05) is 0 Å². The summed E-state index contributed by atoms with van der Waals surface area (Å²) < 4.78 is 31.6. The maximum Gasteiger partial charge on any atom is 0.222 e. The van der Waals surface area contributed by atoms with Crippen LogP contribution in [0.2, 0.25) is 0 Å². The van der Waals surface area contributed by atoms with E-state index in [-0.39, 0.29) is 12.5 Å². The van der Waals surface area contributed by atoms with Gasteiger partial charge in [-0.1, -0.05) is 71.1 Å². The number of carbonyl (C=O) groups is 1. The molecule has 0 saturated heterocycles. The zero-order valence-electron chi connectivity index (χ0n) is 14.9. The molecule has 0 radical (unpaired) electrons. The van der Waals surface area contributed by atoms with E-state index in [9.17, 15) is 17.8 Å². The van der Waals surface area contributed by atoms with E-state index in [0.717, 1.165) is 19.3 Å². The molecule has 0 saturated carbocycles. The fraction of sp³-hybridized carbons (Fsp3) is 0.941. The lowest BCUT2D eigenvalue weighted by Crippen LogP contribution is -2.31.